The van der Waals surface area contributed by atoms with Gasteiger partial charge in [0.25, 0.3) is 0 Å². The first kappa shape index (κ1) is 24.0. The molecule has 2 fully saturated rings. The van der Waals surface area contributed by atoms with Crippen molar-refractivity contribution in [3.63, 3.8) is 0 Å². The van der Waals surface area contributed by atoms with Gasteiger partial charge < -0.3 is 14.2 Å². The molecule has 1 aliphatic carbocycles. The van der Waals surface area contributed by atoms with Crippen molar-refractivity contribution in [3.05, 3.63) is 47.8 Å². The summed E-state index contributed by atoms with van der Waals surface area (Å²) in [5.74, 6) is 0.00837. The number of imidazole rings is 1. The molecule has 7 nitrogen and oxygen atoms in total. The van der Waals surface area contributed by atoms with Crippen LogP contribution in [0, 0.1) is 5.41 Å². The van der Waals surface area contributed by atoms with Crippen molar-refractivity contribution in [1.82, 2.24) is 14.5 Å². The third-order valence-electron chi connectivity index (χ3n) is 6.11. The minimum Gasteiger partial charge on any atom is -0.376 e. The van der Waals surface area contributed by atoms with E-state index in [0.717, 1.165) is 36.9 Å². The van der Waals surface area contributed by atoms with Crippen molar-refractivity contribution in [2.75, 3.05) is 6.61 Å². The molecule has 33 heavy (non-hydrogen) atoms. The fourth-order valence-corrected chi connectivity index (χ4v) is 5.85. The molecule has 2 heterocycles. The third kappa shape index (κ3) is 6.23. The normalized spacial score (nSPS) is 19.1. The Hall–Kier alpha value is -2.19. The molecule has 0 spiro atoms. The molecule has 1 saturated heterocycles. The monoisotopic (exact) mass is 473 g/mol. The minimum absolute atomic E-state index is 0.0386. The molecular weight excluding hydrogens is 438 g/mol. The van der Waals surface area contributed by atoms with Crippen LogP contribution < -0.4 is 0 Å². The molecule has 0 unspecified atom stereocenters. The van der Waals surface area contributed by atoms with E-state index in [1.807, 2.05) is 35.2 Å². The first-order valence-electron chi connectivity index (χ1n) is 11.8. The van der Waals surface area contributed by atoms with Crippen molar-refractivity contribution < 1.29 is 17.9 Å². The quantitative estimate of drug-likeness (QED) is 0.551. The predicted octanol–water partition coefficient (Wildman–Crippen LogP) is 3.96. The summed E-state index contributed by atoms with van der Waals surface area (Å²) in [5, 5.41) is 0.0656. The molecule has 2 aromatic rings. The molecule has 0 N–H and O–H groups in total. The van der Waals surface area contributed by atoms with E-state index < -0.39 is 9.84 Å². The van der Waals surface area contributed by atoms with E-state index in [1.54, 1.807) is 10.8 Å². The number of hydrogen-bond acceptors (Lipinski definition) is 5. The Morgan fingerprint density at radius 1 is 1.18 bits per heavy atom. The van der Waals surface area contributed by atoms with Gasteiger partial charge >= 0.3 is 0 Å². The molecule has 0 radical (unpaired) electrons. The van der Waals surface area contributed by atoms with Gasteiger partial charge in [-0.25, -0.2) is 13.4 Å². The number of ether oxygens (including phenoxy) is 1. The maximum absolute atomic E-state index is 13.4. The van der Waals surface area contributed by atoms with Crippen LogP contribution in [0.4, 0.5) is 0 Å². The molecule has 1 aromatic heterocycles. The molecule has 1 saturated carbocycles. The van der Waals surface area contributed by atoms with Gasteiger partial charge in [-0.15, -0.1) is 0 Å². The second-order valence-corrected chi connectivity index (χ2v) is 12.4. The second-order valence-electron chi connectivity index (χ2n) is 10.5. The van der Waals surface area contributed by atoms with Crippen molar-refractivity contribution >= 4 is 15.7 Å². The van der Waals surface area contributed by atoms with Crippen LogP contribution in [-0.4, -0.2) is 47.5 Å². The number of sulfone groups is 1. The number of carbonyl (C=O) groups excluding carboxylic acids is 1. The molecule has 1 aliphatic heterocycles. The van der Waals surface area contributed by atoms with Gasteiger partial charge in [0.05, 0.1) is 36.8 Å². The van der Waals surface area contributed by atoms with Gasteiger partial charge in [0, 0.05) is 19.1 Å². The van der Waals surface area contributed by atoms with E-state index in [9.17, 15) is 13.2 Å². The Morgan fingerprint density at radius 2 is 1.91 bits per heavy atom. The van der Waals surface area contributed by atoms with Crippen molar-refractivity contribution in [1.29, 1.82) is 0 Å². The highest BCUT2D eigenvalue weighted by Gasteiger charge is 2.36. The molecule has 8 heteroatoms. The van der Waals surface area contributed by atoms with E-state index in [2.05, 4.69) is 25.8 Å². The van der Waals surface area contributed by atoms with E-state index in [4.69, 9.17) is 4.74 Å². The van der Waals surface area contributed by atoms with Gasteiger partial charge in [0.2, 0.25) is 20.9 Å². The number of benzene rings is 1. The van der Waals surface area contributed by atoms with Crippen molar-refractivity contribution in [2.45, 2.75) is 89.0 Å². The highest BCUT2D eigenvalue weighted by Crippen LogP contribution is 2.32. The SMILES string of the molecule is CC(C)(C)CC(=O)N(Cc1cnc(S(=O)(=O)Cc2ccccc2)n1C[C@H]1CCCO1)C1CC1. The van der Waals surface area contributed by atoms with Gasteiger partial charge in [-0.1, -0.05) is 51.1 Å². The van der Waals surface area contributed by atoms with Gasteiger partial charge in [-0.3, -0.25) is 4.79 Å². The summed E-state index contributed by atoms with van der Waals surface area (Å²) in [6.07, 6.45) is 5.91. The Kier molecular flexibility index (Phi) is 6.96. The fourth-order valence-electron chi connectivity index (χ4n) is 4.35. The molecule has 4 rings (SSSR count). The van der Waals surface area contributed by atoms with Crippen LogP contribution in [0.25, 0.3) is 0 Å². The molecule has 180 valence electrons. The molecule has 1 atom stereocenters. The van der Waals surface area contributed by atoms with E-state index in [0.29, 0.717) is 26.1 Å². The molecule has 0 bridgehead atoms. The summed E-state index contributed by atoms with van der Waals surface area (Å²) in [4.78, 5) is 19.4. The number of hydrogen-bond donors (Lipinski definition) is 0. The smallest absolute Gasteiger partial charge is 0.228 e. The summed E-state index contributed by atoms with van der Waals surface area (Å²) in [7, 11) is -3.66. The summed E-state index contributed by atoms with van der Waals surface area (Å²) >= 11 is 0. The summed E-state index contributed by atoms with van der Waals surface area (Å²) in [5.41, 5.74) is 1.38. The Bertz CT molecular complexity index is 1060. The largest absolute Gasteiger partial charge is 0.376 e. The van der Waals surface area contributed by atoms with Crippen LogP contribution in [0.1, 0.15) is 64.1 Å². The first-order chi connectivity index (χ1) is 15.6. The average molecular weight is 474 g/mol. The zero-order valence-electron chi connectivity index (χ0n) is 19.9. The van der Waals surface area contributed by atoms with Crippen LogP contribution in [-0.2, 0) is 38.2 Å². The highest BCUT2D eigenvalue weighted by atomic mass is 32.2. The van der Waals surface area contributed by atoms with Crippen LogP contribution in [0.5, 0.6) is 0 Å². The van der Waals surface area contributed by atoms with E-state index >= 15 is 0 Å². The topological polar surface area (TPSA) is 81.5 Å². The lowest BCUT2D eigenvalue weighted by Gasteiger charge is -2.27. The minimum atomic E-state index is -3.66. The van der Waals surface area contributed by atoms with Gasteiger partial charge in [0.1, 0.15) is 0 Å². The van der Waals surface area contributed by atoms with Crippen molar-refractivity contribution in [2.24, 2.45) is 5.41 Å². The number of amides is 1. The summed E-state index contributed by atoms with van der Waals surface area (Å²) in [6.45, 7) is 7.69. The second kappa shape index (κ2) is 9.58. The molecule has 1 amide bonds. The maximum Gasteiger partial charge on any atom is 0.228 e. The number of carbonyl (C=O) groups is 1. The van der Waals surface area contributed by atoms with Gasteiger partial charge in [-0.05, 0) is 36.7 Å². The number of aromatic nitrogens is 2. The van der Waals surface area contributed by atoms with Crippen LogP contribution in [0.2, 0.25) is 0 Å². The van der Waals surface area contributed by atoms with Crippen LogP contribution in [0.15, 0.2) is 41.7 Å². The maximum atomic E-state index is 13.4. The zero-order chi connectivity index (χ0) is 23.6. The van der Waals surface area contributed by atoms with Crippen LogP contribution >= 0.6 is 0 Å². The average Bonchev–Trinajstić information content (AvgIpc) is 3.27. The lowest BCUT2D eigenvalue weighted by molar-refractivity contribution is -0.134. The highest BCUT2D eigenvalue weighted by molar-refractivity contribution is 7.90. The van der Waals surface area contributed by atoms with E-state index in [1.165, 1.54) is 0 Å². The Labute approximate surface area is 197 Å². The van der Waals surface area contributed by atoms with Crippen LogP contribution in [0.3, 0.4) is 0 Å². The van der Waals surface area contributed by atoms with E-state index in [-0.39, 0.29) is 34.4 Å². The molecular formula is C25H35N3O4S. The predicted molar refractivity (Wildman–Crippen MR) is 126 cm³/mol. The fraction of sp³-hybridized carbons (Fsp3) is 0.600. The van der Waals surface area contributed by atoms with Crippen molar-refractivity contribution in [3.8, 4) is 0 Å². The first-order valence-corrected chi connectivity index (χ1v) is 13.5. The Morgan fingerprint density at radius 3 is 2.52 bits per heavy atom. The number of nitrogens with zero attached hydrogens (tertiary/aromatic N) is 3. The number of rotatable bonds is 9. The summed E-state index contributed by atoms with van der Waals surface area (Å²) in [6, 6.07) is 9.40. The summed E-state index contributed by atoms with van der Waals surface area (Å²) < 4.78 is 34.3. The van der Waals surface area contributed by atoms with Gasteiger partial charge in [-0.2, -0.15) is 0 Å². The zero-order valence-corrected chi connectivity index (χ0v) is 20.7. The molecule has 1 aromatic carbocycles. The van der Waals surface area contributed by atoms with Gasteiger partial charge in [0.15, 0.2) is 0 Å². The molecule has 2 aliphatic rings. The standard InChI is InChI=1S/C25H35N3O4S/c1-25(2,3)14-23(29)27(20-11-12-20)16-21-15-26-24(28(21)17-22-10-7-13-32-22)33(30,31)18-19-8-5-4-6-9-19/h4-6,8-9,15,20,22H,7,10-14,16-18H2,1-3H3/t22-/m1/s1. The third-order valence-corrected chi connectivity index (χ3v) is 7.71. The lowest BCUT2D eigenvalue weighted by Crippen LogP contribution is -2.36. The lowest BCUT2D eigenvalue weighted by atomic mass is 9.91. The Balaban J connectivity index is 1.63.